The Hall–Kier alpha value is -1.84. The molecule has 1 N–H and O–H groups in total. The second-order valence-corrected chi connectivity index (χ2v) is 5.86. The van der Waals surface area contributed by atoms with Gasteiger partial charge in [-0.25, -0.2) is 9.97 Å². The van der Waals surface area contributed by atoms with E-state index in [0.717, 1.165) is 36.0 Å². The van der Waals surface area contributed by atoms with Crippen LogP contribution >= 0.6 is 0 Å². The molecular weight excluding hydrogens is 250 g/mol. The van der Waals surface area contributed by atoms with Crippen molar-refractivity contribution in [2.75, 3.05) is 11.9 Å². The second-order valence-electron chi connectivity index (χ2n) is 5.86. The summed E-state index contributed by atoms with van der Waals surface area (Å²) in [4.78, 5) is 9.20. The number of rotatable bonds is 4. The molecule has 2 aromatic rings. The van der Waals surface area contributed by atoms with Crippen LogP contribution in [0.4, 0.5) is 5.82 Å². The highest BCUT2D eigenvalue weighted by Gasteiger charge is 2.19. The molecule has 0 unspecified atom stereocenters. The molecule has 0 spiro atoms. The molecule has 0 amide bonds. The molecule has 0 aliphatic carbocycles. The average molecular weight is 273 g/mol. The minimum Gasteiger partial charge on any atom is -0.458 e. The van der Waals surface area contributed by atoms with Crippen LogP contribution in [0.25, 0.3) is 11.6 Å². The smallest absolute Gasteiger partial charge is 0.197 e. The summed E-state index contributed by atoms with van der Waals surface area (Å²) in [6.07, 6.45) is 0.874. The predicted molar refractivity (Wildman–Crippen MR) is 82.0 cm³/mol. The van der Waals surface area contributed by atoms with E-state index in [-0.39, 0.29) is 5.41 Å². The number of nitrogens with one attached hydrogen (secondary N) is 1. The van der Waals surface area contributed by atoms with Crippen molar-refractivity contribution in [1.29, 1.82) is 0 Å². The van der Waals surface area contributed by atoms with E-state index < -0.39 is 0 Å². The van der Waals surface area contributed by atoms with Crippen molar-refractivity contribution in [3.8, 4) is 11.6 Å². The van der Waals surface area contributed by atoms with Gasteiger partial charge in [0.05, 0.1) is 5.69 Å². The predicted octanol–water partition coefficient (Wildman–Crippen LogP) is 4.03. The maximum Gasteiger partial charge on any atom is 0.197 e. The minimum absolute atomic E-state index is 0.0258. The van der Waals surface area contributed by atoms with E-state index in [1.165, 1.54) is 0 Å². The van der Waals surface area contributed by atoms with Gasteiger partial charge in [-0.15, -0.1) is 0 Å². The highest BCUT2D eigenvalue weighted by Crippen LogP contribution is 2.26. The Kier molecular flexibility index (Phi) is 4.12. The summed E-state index contributed by atoms with van der Waals surface area (Å²) in [5, 5.41) is 3.26. The minimum atomic E-state index is -0.0258. The van der Waals surface area contributed by atoms with Gasteiger partial charge in [0.15, 0.2) is 11.6 Å². The molecule has 4 heteroatoms. The molecule has 2 heterocycles. The number of furan rings is 1. The molecule has 0 aromatic carbocycles. The summed E-state index contributed by atoms with van der Waals surface area (Å²) < 4.78 is 5.77. The fourth-order valence-electron chi connectivity index (χ4n) is 1.90. The fraction of sp³-hybridized carbons (Fsp3) is 0.500. The standard InChI is InChI=1S/C16H23N3O/c1-6-11-8-9-12(20-11)15-18-13(16(3,4)5)10-14(19-15)17-7-2/h8-10H,6-7H2,1-5H3,(H,17,18,19). The van der Waals surface area contributed by atoms with Crippen molar-refractivity contribution in [2.24, 2.45) is 0 Å². The van der Waals surface area contributed by atoms with Gasteiger partial charge in [-0.1, -0.05) is 27.7 Å². The SMILES string of the molecule is CCNc1cc(C(C)(C)C)nc(-c2ccc(CC)o2)n1. The number of aryl methyl sites for hydroxylation is 1. The summed E-state index contributed by atoms with van der Waals surface area (Å²) in [5.41, 5.74) is 0.982. The van der Waals surface area contributed by atoms with Crippen molar-refractivity contribution in [1.82, 2.24) is 9.97 Å². The Bertz CT molecular complexity index is 582. The van der Waals surface area contributed by atoms with Gasteiger partial charge in [-0.05, 0) is 19.1 Å². The van der Waals surface area contributed by atoms with E-state index in [1.54, 1.807) is 0 Å². The first-order valence-electron chi connectivity index (χ1n) is 7.16. The van der Waals surface area contributed by atoms with Crippen LogP contribution in [-0.4, -0.2) is 16.5 Å². The first-order valence-corrected chi connectivity index (χ1v) is 7.16. The van der Waals surface area contributed by atoms with E-state index >= 15 is 0 Å². The monoisotopic (exact) mass is 273 g/mol. The molecule has 0 saturated heterocycles. The van der Waals surface area contributed by atoms with Gasteiger partial charge in [0.1, 0.15) is 11.6 Å². The number of hydrogen-bond acceptors (Lipinski definition) is 4. The van der Waals surface area contributed by atoms with Gasteiger partial charge in [-0.2, -0.15) is 0 Å². The second kappa shape index (κ2) is 5.65. The van der Waals surface area contributed by atoms with Crippen LogP contribution in [0.1, 0.15) is 46.1 Å². The van der Waals surface area contributed by atoms with E-state index in [9.17, 15) is 0 Å². The molecule has 2 aromatic heterocycles. The third-order valence-corrected chi connectivity index (χ3v) is 3.08. The molecule has 108 valence electrons. The third-order valence-electron chi connectivity index (χ3n) is 3.08. The zero-order chi connectivity index (χ0) is 14.8. The normalized spacial score (nSPS) is 11.7. The average Bonchev–Trinajstić information content (AvgIpc) is 2.86. The van der Waals surface area contributed by atoms with Crippen LogP contribution in [0.15, 0.2) is 22.6 Å². The quantitative estimate of drug-likeness (QED) is 0.913. The van der Waals surface area contributed by atoms with Crippen LogP contribution in [-0.2, 0) is 11.8 Å². The van der Waals surface area contributed by atoms with Crippen molar-refractivity contribution in [3.05, 3.63) is 29.7 Å². The van der Waals surface area contributed by atoms with Crippen LogP contribution in [0.5, 0.6) is 0 Å². The maximum atomic E-state index is 5.77. The fourth-order valence-corrected chi connectivity index (χ4v) is 1.90. The lowest BCUT2D eigenvalue weighted by molar-refractivity contribution is 0.522. The van der Waals surface area contributed by atoms with Gasteiger partial charge in [0.25, 0.3) is 0 Å². The zero-order valence-electron chi connectivity index (χ0n) is 12.9. The van der Waals surface area contributed by atoms with Crippen LogP contribution in [0, 0.1) is 0 Å². The van der Waals surface area contributed by atoms with Crippen molar-refractivity contribution in [3.63, 3.8) is 0 Å². The number of nitrogens with zero attached hydrogens (tertiary/aromatic N) is 2. The molecule has 20 heavy (non-hydrogen) atoms. The van der Waals surface area contributed by atoms with Crippen molar-refractivity contribution < 1.29 is 4.42 Å². The van der Waals surface area contributed by atoms with Crippen molar-refractivity contribution >= 4 is 5.82 Å². The highest BCUT2D eigenvalue weighted by molar-refractivity contribution is 5.52. The number of aromatic nitrogens is 2. The van der Waals surface area contributed by atoms with E-state index in [4.69, 9.17) is 4.42 Å². The third kappa shape index (κ3) is 3.18. The number of hydrogen-bond donors (Lipinski definition) is 1. The first kappa shape index (κ1) is 14.6. The van der Waals surface area contributed by atoms with E-state index in [2.05, 4.69) is 49.9 Å². The molecule has 0 atom stereocenters. The van der Waals surface area contributed by atoms with Gasteiger partial charge >= 0.3 is 0 Å². The lowest BCUT2D eigenvalue weighted by Gasteiger charge is -2.19. The Morgan fingerprint density at radius 1 is 1.15 bits per heavy atom. The van der Waals surface area contributed by atoms with Gasteiger partial charge in [-0.3, -0.25) is 0 Å². The molecule has 0 saturated carbocycles. The Labute approximate surface area is 120 Å². The molecule has 2 rings (SSSR count). The Balaban J connectivity index is 2.48. The molecule has 0 aliphatic heterocycles. The first-order chi connectivity index (χ1) is 9.44. The molecule has 0 radical (unpaired) electrons. The molecular formula is C16H23N3O. The Morgan fingerprint density at radius 3 is 2.45 bits per heavy atom. The largest absolute Gasteiger partial charge is 0.458 e. The van der Waals surface area contributed by atoms with Crippen LogP contribution < -0.4 is 5.32 Å². The number of anilines is 1. The maximum absolute atomic E-state index is 5.77. The summed E-state index contributed by atoms with van der Waals surface area (Å²) in [6, 6.07) is 5.93. The van der Waals surface area contributed by atoms with Crippen LogP contribution in [0.2, 0.25) is 0 Å². The van der Waals surface area contributed by atoms with Crippen molar-refractivity contribution in [2.45, 2.75) is 46.5 Å². The molecule has 4 nitrogen and oxygen atoms in total. The summed E-state index contributed by atoms with van der Waals surface area (Å²) in [6.45, 7) is 11.4. The van der Waals surface area contributed by atoms with Gasteiger partial charge in [0, 0.05) is 24.4 Å². The van der Waals surface area contributed by atoms with Gasteiger partial charge in [0.2, 0.25) is 0 Å². The van der Waals surface area contributed by atoms with Gasteiger partial charge < -0.3 is 9.73 Å². The Morgan fingerprint density at radius 2 is 1.90 bits per heavy atom. The van der Waals surface area contributed by atoms with Crippen LogP contribution in [0.3, 0.4) is 0 Å². The topological polar surface area (TPSA) is 51.0 Å². The highest BCUT2D eigenvalue weighted by atomic mass is 16.3. The molecule has 0 fully saturated rings. The zero-order valence-corrected chi connectivity index (χ0v) is 12.9. The summed E-state index contributed by atoms with van der Waals surface area (Å²) >= 11 is 0. The lowest BCUT2D eigenvalue weighted by atomic mass is 9.92. The summed E-state index contributed by atoms with van der Waals surface area (Å²) in [5.74, 6) is 3.17. The summed E-state index contributed by atoms with van der Waals surface area (Å²) in [7, 11) is 0. The lowest BCUT2D eigenvalue weighted by Crippen LogP contribution is -2.15. The van der Waals surface area contributed by atoms with E-state index in [1.807, 2.05) is 18.2 Å². The van der Waals surface area contributed by atoms with E-state index in [0.29, 0.717) is 5.82 Å². The molecule has 0 aliphatic rings. The molecule has 0 bridgehead atoms.